The summed E-state index contributed by atoms with van der Waals surface area (Å²) in [7, 11) is 1.56. The van der Waals surface area contributed by atoms with Gasteiger partial charge in [-0.3, -0.25) is 0 Å². The molecule has 0 saturated heterocycles. The lowest BCUT2D eigenvalue weighted by Gasteiger charge is -2.17. The number of nitriles is 1. The van der Waals surface area contributed by atoms with Crippen LogP contribution in [0.4, 0.5) is 0 Å². The standard InChI is InChI=1S/C15H13NO3S2/c1-17-11-4-3-9(7-10(11)8-16)14-12-13(15(20-2)21-14)19-6-5-18-12/h3-4,7H,5-6H2,1-2H3. The second-order valence-corrected chi connectivity index (χ2v) is 6.40. The van der Waals surface area contributed by atoms with Crippen molar-refractivity contribution >= 4 is 23.1 Å². The van der Waals surface area contributed by atoms with E-state index in [1.807, 2.05) is 24.5 Å². The number of hydrogen-bond acceptors (Lipinski definition) is 6. The summed E-state index contributed by atoms with van der Waals surface area (Å²) in [5.41, 5.74) is 1.46. The van der Waals surface area contributed by atoms with Gasteiger partial charge in [0.25, 0.3) is 0 Å². The van der Waals surface area contributed by atoms with Crippen LogP contribution >= 0.6 is 23.1 Å². The van der Waals surface area contributed by atoms with E-state index in [9.17, 15) is 5.26 Å². The molecule has 2 aromatic rings. The Balaban J connectivity index is 2.13. The predicted molar refractivity (Wildman–Crippen MR) is 83.8 cm³/mol. The van der Waals surface area contributed by atoms with Crippen LogP contribution in [0.25, 0.3) is 10.4 Å². The maximum atomic E-state index is 9.22. The van der Waals surface area contributed by atoms with Crippen LogP contribution in [-0.4, -0.2) is 26.6 Å². The molecule has 1 aromatic heterocycles. The van der Waals surface area contributed by atoms with Crippen LogP contribution in [0, 0.1) is 11.3 Å². The molecular formula is C15H13NO3S2. The second kappa shape index (κ2) is 5.88. The quantitative estimate of drug-likeness (QED) is 0.806. The zero-order valence-electron chi connectivity index (χ0n) is 11.6. The molecule has 108 valence electrons. The smallest absolute Gasteiger partial charge is 0.186 e. The van der Waals surface area contributed by atoms with E-state index in [1.165, 1.54) is 0 Å². The lowest BCUT2D eigenvalue weighted by atomic mass is 10.1. The number of nitrogens with zero attached hydrogens (tertiary/aromatic N) is 1. The van der Waals surface area contributed by atoms with Crippen molar-refractivity contribution in [3.63, 3.8) is 0 Å². The molecule has 0 saturated carbocycles. The van der Waals surface area contributed by atoms with E-state index < -0.39 is 0 Å². The molecule has 1 aromatic carbocycles. The van der Waals surface area contributed by atoms with Gasteiger partial charge in [-0.1, -0.05) is 0 Å². The highest BCUT2D eigenvalue weighted by molar-refractivity contribution is 8.00. The van der Waals surface area contributed by atoms with Gasteiger partial charge in [-0.15, -0.1) is 23.1 Å². The summed E-state index contributed by atoms with van der Waals surface area (Å²) in [6, 6.07) is 7.73. The summed E-state index contributed by atoms with van der Waals surface area (Å²) in [4.78, 5) is 0.994. The van der Waals surface area contributed by atoms with Crippen molar-refractivity contribution in [3.05, 3.63) is 23.8 Å². The van der Waals surface area contributed by atoms with Gasteiger partial charge in [-0.25, -0.2) is 0 Å². The van der Waals surface area contributed by atoms with Crippen LogP contribution in [0.1, 0.15) is 5.56 Å². The summed E-state index contributed by atoms with van der Waals surface area (Å²) in [5, 5.41) is 9.22. The largest absolute Gasteiger partial charge is 0.495 e. The van der Waals surface area contributed by atoms with Crippen LogP contribution in [0.15, 0.2) is 22.4 Å². The highest BCUT2D eigenvalue weighted by Gasteiger charge is 2.25. The van der Waals surface area contributed by atoms with Crippen molar-refractivity contribution in [2.24, 2.45) is 0 Å². The molecule has 1 aliphatic rings. The Bertz CT molecular complexity index is 718. The first kappa shape index (κ1) is 14.1. The van der Waals surface area contributed by atoms with Gasteiger partial charge < -0.3 is 14.2 Å². The van der Waals surface area contributed by atoms with Gasteiger partial charge >= 0.3 is 0 Å². The topological polar surface area (TPSA) is 51.5 Å². The lowest BCUT2D eigenvalue weighted by Crippen LogP contribution is -2.14. The molecule has 0 amide bonds. The Hall–Kier alpha value is -1.84. The number of thioether (sulfide) groups is 1. The predicted octanol–water partition coefficient (Wildman–Crippen LogP) is 3.79. The minimum atomic E-state index is 0.513. The molecule has 0 fully saturated rings. The van der Waals surface area contributed by atoms with Gasteiger partial charge in [-0.2, -0.15) is 5.26 Å². The van der Waals surface area contributed by atoms with E-state index in [0.29, 0.717) is 24.5 Å². The van der Waals surface area contributed by atoms with Crippen LogP contribution in [0.2, 0.25) is 0 Å². The van der Waals surface area contributed by atoms with Gasteiger partial charge in [0.2, 0.25) is 0 Å². The van der Waals surface area contributed by atoms with Crippen molar-refractivity contribution < 1.29 is 14.2 Å². The van der Waals surface area contributed by atoms with E-state index in [2.05, 4.69) is 6.07 Å². The Morgan fingerprint density at radius 2 is 2.05 bits per heavy atom. The summed E-state index contributed by atoms with van der Waals surface area (Å²) < 4.78 is 17.8. The Morgan fingerprint density at radius 3 is 2.71 bits per heavy atom. The van der Waals surface area contributed by atoms with Gasteiger partial charge in [-0.05, 0) is 30.0 Å². The number of fused-ring (bicyclic) bond motifs is 1. The Kier molecular flexibility index (Phi) is 3.95. The summed E-state index contributed by atoms with van der Waals surface area (Å²) >= 11 is 3.26. The number of ether oxygens (including phenoxy) is 3. The fraction of sp³-hybridized carbons (Fsp3) is 0.267. The summed E-state index contributed by atoms with van der Waals surface area (Å²) in [6.07, 6.45) is 2.02. The number of benzene rings is 1. The highest BCUT2D eigenvalue weighted by Crippen LogP contribution is 2.52. The van der Waals surface area contributed by atoms with Crippen LogP contribution in [0.5, 0.6) is 17.2 Å². The number of thiophene rings is 1. The average Bonchev–Trinajstić information content (AvgIpc) is 2.93. The second-order valence-electron chi connectivity index (χ2n) is 4.30. The molecule has 3 rings (SSSR count). The zero-order chi connectivity index (χ0) is 14.8. The van der Waals surface area contributed by atoms with Crippen molar-refractivity contribution in [1.29, 1.82) is 5.26 Å². The summed E-state index contributed by atoms with van der Waals surface area (Å²) in [5.74, 6) is 2.18. The van der Waals surface area contributed by atoms with Crippen LogP contribution in [0.3, 0.4) is 0 Å². The molecule has 0 bridgehead atoms. The molecule has 1 aliphatic heterocycles. The van der Waals surface area contributed by atoms with Gasteiger partial charge in [0.1, 0.15) is 29.2 Å². The molecule has 0 aliphatic carbocycles. The molecule has 2 heterocycles. The minimum Gasteiger partial charge on any atom is -0.495 e. The molecule has 4 nitrogen and oxygen atoms in total. The monoisotopic (exact) mass is 319 g/mol. The first-order valence-corrected chi connectivity index (χ1v) is 8.37. The van der Waals surface area contributed by atoms with Crippen molar-refractivity contribution in [1.82, 2.24) is 0 Å². The average molecular weight is 319 g/mol. The van der Waals surface area contributed by atoms with E-state index in [-0.39, 0.29) is 0 Å². The third kappa shape index (κ3) is 2.43. The Labute approximate surface area is 131 Å². The highest BCUT2D eigenvalue weighted by atomic mass is 32.2. The van der Waals surface area contributed by atoms with Gasteiger partial charge in [0.05, 0.1) is 17.6 Å². The van der Waals surface area contributed by atoms with Crippen LogP contribution < -0.4 is 14.2 Å². The number of methoxy groups -OCH3 is 1. The van der Waals surface area contributed by atoms with Crippen LogP contribution in [-0.2, 0) is 0 Å². The zero-order valence-corrected chi connectivity index (χ0v) is 13.3. The fourth-order valence-corrected chi connectivity index (χ4v) is 4.02. The molecular weight excluding hydrogens is 306 g/mol. The van der Waals surface area contributed by atoms with E-state index in [4.69, 9.17) is 14.2 Å². The molecule has 0 N–H and O–H groups in total. The number of rotatable bonds is 3. The third-order valence-corrected chi connectivity index (χ3v) is 5.44. The van der Waals surface area contributed by atoms with E-state index >= 15 is 0 Å². The SMILES string of the molecule is COc1ccc(-c2sc(SC)c3c2OCCO3)cc1C#N. The molecule has 0 unspecified atom stereocenters. The lowest BCUT2D eigenvalue weighted by molar-refractivity contribution is 0.170. The molecule has 0 spiro atoms. The maximum Gasteiger partial charge on any atom is 0.186 e. The maximum absolute atomic E-state index is 9.22. The first-order valence-electron chi connectivity index (χ1n) is 6.33. The normalized spacial score (nSPS) is 12.8. The molecule has 6 heteroatoms. The third-order valence-electron chi connectivity index (χ3n) is 3.14. The van der Waals surface area contributed by atoms with Crippen molar-refractivity contribution in [2.75, 3.05) is 26.6 Å². The summed E-state index contributed by atoms with van der Waals surface area (Å²) in [6.45, 7) is 1.12. The molecule has 21 heavy (non-hydrogen) atoms. The van der Waals surface area contributed by atoms with Gasteiger partial charge in [0, 0.05) is 0 Å². The van der Waals surface area contributed by atoms with E-state index in [1.54, 1.807) is 30.2 Å². The van der Waals surface area contributed by atoms with Crippen molar-refractivity contribution in [3.8, 4) is 33.8 Å². The van der Waals surface area contributed by atoms with E-state index in [0.717, 1.165) is 26.1 Å². The van der Waals surface area contributed by atoms with Gasteiger partial charge in [0.15, 0.2) is 11.5 Å². The molecule has 0 radical (unpaired) electrons. The molecule has 0 atom stereocenters. The van der Waals surface area contributed by atoms with Crippen molar-refractivity contribution in [2.45, 2.75) is 4.21 Å². The fourth-order valence-electron chi connectivity index (χ4n) is 2.19. The Morgan fingerprint density at radius 1 is 1.29 bits per heavy atom. The first-order chi connectivity index (χ1) is 10.3. The number of hydrogen-bond donors (Lipinski definition) is 0. The minimum absolute atomic E-state index is 0.513.